The lowest BCUT2D eigenvalue weighted by atomic mass is 9.70. The van der Waals surface area contributed by atoms with Crippen LogP contribution in [-0.2, 0) is 28.7 Å². The van der Waals surface area contributed by atoms with Crippen LogP contribution in [0.2, 0.25) is 0 Å². The first kappa shape index (κ1) is 42.1. The van der Waals surface area contributed by atoms with Gasteiger partial charge in [0.05, 0.1) is 36.6 Å². The van der Waals surface area contributed by atoms with E-state index in [1.807, 2.05) is 75.4 Å². The molecule has 2 aromatic rings. The number of carbonyl (C=O) groups is 4. The Kier molecular flexibility index (Phi) is 13.7. The van der Waals surface area contributed by atoms with Crippen molar-refractivity contribution >= 4 is 51.0 Å². The Morgan fingerprint density at radius 3 is 2.24 bits per heavy atom. The lowest BCUT2D eigenvalue weighted by Gasteiger charge is -2.40. The summed E-state index contributed by atoms with van der Waals surface area (Å²) in [6.45, 7) is 18.9. The number of fused-ring (bicyclic) bond motifs is 1. The van der Waals surface area contributed by atoms with Gasteiger partial charge in [0.2, 0.25) is 11.8 Å². The van der Waals surface area contributed by atoms with Crippen LogP contribution in [-0.4, -0.2) is 107 Å². The Labute approximate surface area is 334 Å². The SMILES string of the molecule is C=CCCC(=O)N(C)[C@H](C)[C@H](OC(=O)[C@H]1[C@@H]2O[C@@]3(CC2Br)[C@@H]1C(=O)N([C@@H](CO)C(C)C)[C@@H]3C(=O)N(CC=C)c1ccc(N(CC)CC)cc1)c1ccccc1. The van der Waals surface area contributed by atoms with Crippen molar-refractivity contribution in [2.45, 2.75) is 94.6 Å². The second-order valence-electron chi connectivity index (χ2n) is 15.2. The van der Waals surface area contributed by atoms with Gasteiger partial charge in [0.15, 0.2) is 0 Å². The van der Waals surface area contributed by atoms with Crippen molar-refractivity contribution in [3.05, 3.63) is 85.5 Å². The highest BCUT2D eigenvalue weighted by atomic mass is 79.9. The van der Waals surface area contributed by atoms with E-state index in [1.165, 1.54) is 4.90 Å². The number of nitrogens with zero attached hydrogens (tertiary/aromatic N) is 4. The van der Waals surface area contributed by atoms with Gasteiger partial charge in [-0.3, -0.25) is 19.2 Å². The largest absolute Gasteiger partial charge is 0.455 e. The molecular formula is C43H57BrN4O7. The highest BCUT2D eigenvalue weighted by Gasteiger charge is 2.78. The molecule has 3 aliphatic heterocycles. The number of esters is 1. The zero-order chi connectivity index (χ0) is 40.2. The van der Waals surface area contributed by atoms with Crippen molar-refractivity contribution in [1.82, 2.24) is 9.80 Å². The fourth-order valence-electron chi connectivity index (χ4n) is 8.75. The van der Waals surface area contributed by atoms with Gasteiger partial charge in [-0.2, -0.15) is 0 Å². The standard InChI is InChI=1S/C43H57BrN4O7/c1-9-13-19-34(50)45(8)28(7)37(29-17-15-14-16-18-29)54-42(53)35-36-40(51)48(33(26-49)27(5)6)39(43(36)25-32(44)38(35)55-43)41(52)47(24-10-2)31-22-20-30(21-23-31)46(11-3)12-4/h9-10,14-18,20-23,27-28,32-33,35-39,49H,1-2,11-13,19,24-26H2,3-8H3/t28-,32?,33+,35-,36+,37+,38-,39-,43+/m1/s1. The zero-order valence-electron chi connectivity index (χ0n) is 33.0. The third-order valence-corrected chi connectivity index (χ3v) is 12.6. The van der Waals surface area contributed by atoms with E-state index in [4.69, 9.17) is 9.47 Å². The molecule has 3 amide bonds. The lowest BCUT2D eigenvalue weighted by molar-refractivity contribution is -0.165. The number of ether oxygens (including phenoxy) is 2. The Balaban J connectivity index is 1.55. The summed E-state index contributed by atoms with van der Waals surface area (Å²) < 4.78 is 13.2. The van der Waals surface area contributed by atoms with Gasteiger partial charge < -0.3 is 34.2 Å². The van der Waals surface area contributed by atoms with Gasteiger partial charge >= 0.3 is 5.97 Å². The molecule has 2 aromatic carbocycles. The predicted molar refractivity (Wildman–Crippen MR) is 218 cm³/mol. The van der Waals surface area contributed by atoms with Gasteiger partial charge in [0.1, 0.15) is 17.7 Å². The molecule has 0 aromatic heterocycles. The number of alkyl halides is 1. The van der Waals surface area contributed by atoms with Crippen LogP contribution < -0.4 is 9.80 Å². The molecule has 3 aliphatic rings. The van der Waals surface area contributed by atoms with Crippen LogP contribution in [0.25, 0.3) is 0 Å². The highest BCUT2D eigenvalue weighted by Crippen LogP contribution is 2.61. The predicted octanol–water partition coefficient (Wildman–Crippen LogP) is 5.91. The smallest absolute Gasteiger partial charge is 0.313 e. The van der Waals surface area contributed by atoms with E-state index in [2.05, 4.69) is 47.8 Å². The normalized spacial score (nSPS) is 25.6. The Hall–Kier alpha value is -4.00. The van der Waals surface area contributed by atoms with E-state index in [0.29, 0.717) is 24.1 Å². The number of hydrogen-bond donors (Lipinski definition) is 1. The molecule has 3 heterocycles. The van der Waals surface area contributed by atoms with E-state index in [-0.39, 0.29) is 42.1 Å². The molecule has 11 nitrogen and oxygen atoms in total. The average Bonchev–Trinajstić information content (AvgIpc) is 3.78. The van der Waals surface area contributed by atoms with Gasteiger partial charge in [-0.1, -0.05) is 72.3 Å². The van der Waals surface area contributed by atoms with E-state index in [9.17, 15) is 19.5 Å². The summed E-state index contributed by atoms with van der Waals surface area (Å²) in [6.07, 6.45) is 2.78. The molecule has 1 unspecified atom stereocenters. The van der Waals surface area contributed by atoms with Crippen molar-refractivity contribution in [3.63, 3.8) is 0 Å². The van der Waals surface area contributed by atoms with Gasteiger partial charge in [0.25, 0.3) is 5.91 Å². The quantitative estimate of drug-likeness (QED) is 0.112. The van der Waals surface area contributed by atoms with Crippen molar-refractivity contribution < 1.29 is 33.8 Å². The van der Waals surface area contributed by atoms with Crippen molar-refractivity contribution in [2.75, 3.05) is 43.1 Å². The maximum absolute atomic E-state index is 15.2. The minimum absolute atomic E-state index is 0.120. The van der Waals surface area contributed by atoms with Gasteiger partial charge in [-0.05, 0) is 69.4 Å². The summed E-state index contributed by atoms with van der Waals surface area (Å²) in [5, 5.41) is 10.8. The van der Waals surface area contributed by atoms with Gasteiger partial charge in [-0.15, -0.1) is 13.2 Å². The van der Waals surface area contributed by atoms with Crippen LogP contribution in [0.5, 0.6) is 0 Å². The van der Waals surface area contributed by atoms with Crippen molar-refractivity contribution in [2.24, 2.45) is 17.8 Å². The number of rotatable bonds is 18. The first-order valence-corrected chi connectivity index (χ1v) is 20.4. The zero-order valence-corrected chi connectivity index (χ0v) is 34.6. The summed E-state index contributed by atoms with van der Waals surface area (Å²) in [7, 11) is 1.69. The molecule has 3 fully saturated rings. The number of aliphatic hydroxyl groups is 1. The number of aliphatic hydroxyl groups excluding tert-OH is 1. The molecule has 0 aliphatic carbocycles. The van der Waals surface area contributed by atoms with Crippen LogP contribution in [0.4, 0.5) is 11.4 Å². The van der Waals surface area contributed by atoms with Crippen LogP contribution in [0.1, 0.15) is 65.5 Å². The molecule has 1 spiro atoms. The molecule has 5 rings (SSSR count). The molecule has 0 saturated carbocycles. The Morgan fingerprint density at radius 2 is 1.67 bits per heavy atom. The molecule has 2 bridgehead atoms. The average molecular weight is 822 g/mol. The van der Waals surface area contributed by atoms with Crippen LogP contribution in [0.3, 0.4) is 0 Å². The van der Waals surface area contributed by atoms with Crippen LogP contribution in [0, 0.1) is 17.8 Å². The van der Waals surface area contributed by atoms with Crippen molar-refractivity contribution in [3.8, 4) is 0 Å². The number of halogens is 1. The summed E-state index contributed by atoms with van der Waals surface area (Å²) in [4.78, 5) is 64.5. The molecular weight excluding hydrogens is 764 g/mol. The molecule has 0 radical (unpaired) electrons. The molecule has 1 N–H and O–H groups in total. The van der Waals surface area contributed by atoms with Gasteiger partial charge in [0, 0.05) is 49.3 Å². The maximum Gasteiger partial charge on any atom is 0.313 e. The topological polar surface area (TPSA) is 120 Å². The summed E-state index contributed by atoms with van der Waals surface area (Å²) in [5.74, 6) is -3.89. The summed E-state index contributed by atoms with van der Waals surface area (Å²) in [5.41, 5.74) is 0.960. The van der Waals surface area contributed by atoms with Crippen LogP contribution in [0.15, 0.2) is 79.9 Å². The Morgan fingerprint density at radius 1 is 1.04 bits per heavy atom. The fraction of sp³-hybridized carbons (Fsp3) is 0.535. The molecule has 3 saturated heterocycles. The summed E-state index contributed by atoms with van der Waals surface area (Å²) >= 11 is 3.77. The Bertz CT molecular complexity index is 1700. The number of carbonyl (C=O) groups excluding carboxylic acids is 4. The third-order valence-electron chi connectivity index (χ3n) is 11.8. The van der Waals surface area contributed by atoms with Crippen molar-refractivity contribution in [1.29, 1.82) is 0 Å². The number of hydrogen-bond acceptors (Lipinski definition) is 8. The van der Waals surface area contributed by atoms with E-state index in [1.54, 1.807) is 29.0 Å². The van der Waals surface area contributed by atoms with E-state index in [0.717, 1.165) is 18.8 Å². The number of likely N-dealkylation sites (tertiary alicyclic amines) is 1. The van der Waals surface area contributed by atoms with Gasteiger partial charge in [-0.25, -0.2) is 0 Å². The number of amides is 3. The van der Waals surface area contributed by atoms with E-state index >= 15 is 4.79 Å². The van der Waals surface area contributed by atoms with Crippen LogP contribution >= 0.6 is 15.9 Å². The second-order valence-corrected chi connectivity index (χ2v) is 16.3. The molecule has 12 heteroatoms. The monoisotopic (exact) mass is 820 g/mol. The number of anilines is 2. The fourth-order valence-corrected chi connectivity index (χ4v) is 9.69. The second kappa shape index (κ2) is 17.9. The number of benzene rings is 2. The molecule has 9 atom stereocenters. The molecule has 55 heavy (non-hydrogen) atoms. The number of likely N-dealkylation sites (N-methyl/N-ethyl adjacent to an activating group) is 1. The summed E-state index contributed by atoms with van der Waals surface area (Å²) in [6, 6.07) is 14.5. The minimum Gasteiger partial charge on any atom is -0.455 e. The first-order chi connectivity index (χ1) is 26.3. The highest BCUT2D eigenvalue weighted by molar-refractivity contribution is 9.09. The first-order valence-electron chi connectivity index (χ1n) is 19.5. The molecule has 298 valence electrons. The number of allylic oxidation sites excluding steroid dienone is 1. The lowest BCUT2D eigenvalue weighted by Crippen LogP contribution is -2.60. The third kappa shape index (κ3) is 7.87. The maximum atomic E-state index is 15.2. The minimum atomic E-state index is -1.38. The van der Waals surface area contributed by atoms with E-state index < -0.39 is 59.6 Å².